The lowest BCUT2D eigenvalue weighted by atomic mass is 9.97. The fraction of sp³-hybridized carbons (Fsp3) is 0.500. The highest BCUT2D eigenvalue weighted by atomic mass is 19.3. The molecule has 17 heavy (non-hydrogen) atoms. The van der Waals surface area contributed by atoms with Crippen LogP contribution < -0.4 is 10.5 Å². The Balaban J connectivity index is 2.51. The predicted molar refractivity (Wildman–Crippen MR) is 61.1 cm³/mol. The monoisotopic (exact) mass is 245 g/mol. The van der Waals surface area contributed by atoms with Crippen LogP contribution >= 0.6 is 0 Å². The van der Waals surface area contributed by atoms with Gasteiger partial charge in [-0.2, -0.15) is 8.78 Å². The number of hydrogen-bond donors (Lipinski definition) is 2. The average molecular weight is 245 g/mol. The van der Waals surface area contributed by atoms with E-state index in [-0.39, 0.29) is 12.3 Å². The van der Waals surface area contributed by atoms with Gasteiger partial charge >= 0.3 is 6.61 Å². The molecule has 0 aliphatic heterocycles. The Kier molecular flexibility index (Phi) is 4.84. The van der Waals surface area contributed by atoms with E-state index in [0.29, 0.717) is 12.8 Å². The number of aryl methyl sites for hydroxylation is 1. The van der Waals surface area contributed by atoms with E-state index in [9.17, 15) is 13.9 Å². The van der Waals surface area contributed by atoms with Crippen LogP contribution in [-0.4, -0.2) is 23.9 Å². The van der Waals surface area contributed by atoms with Crippen LogP contribution in [0.2, 0.25) is 0 Å². The van der Waals surface area contributed by atoms with Crippen molar-refractivity contribution in [3.05, 3.63) is 29.8 Å². The lowest BCUT2D eigenvalue weighted by molar-refractivity contribution is -0.0498. The zero-order chi connectivity index (χ0) is 12.9. The summed E-state index contributed by atoms with van der Waals surface area (Å²) in [6.07, 6.45) is 1.16. The molecule has 1 rings (SSSR count). The molecule has 0 spiro atoms. The summed E-state index contributed by atoms with van der Waals surface area (Å²) in [5.41, 5.74) is 5.45. The second kappa shape index (κ2) is 5.93. The highest BCUT2D eigenvalue weighted by molar-refractivity contribution is 5.27. The van der Waals surface area contributed by atoms with E-state index >= 15 is 0 Å². The number of alkyl halides is 2. The third-order valence-corrected chi connectivity index (χ3v) is 2.54. The Morgan fingerprint density at radius 3 is 2.41 bits per heavy atom. The lowest BCUT2D eigenvalue weighted by Crippen LogP contribution is -2.34. The van der Waals surface area contributed by atoms with E-state index in [0.717, 1.165) is 5.56 Å². The smallest absolute Gasteiger partial charge is 0.387 e. The Bertz CT molecular complexity index is 339. The number of benzene rings is 1. The van der Waals surface area contributed by atoms with Crippen LogP contribution in [0, 0.1) is 0 Å². The molecular weight excluding hydrogens is 228 g/mol. The van der Waals surface area contributed by atoms with E-state index < -0.39 is 12.2 Å². The molecule has 1 aromatic carbocycles. The van der Waals surface area contributed by atoms with Gasteiger partial charge in [0.2, 0.25) is 0 Å². The second-order valence-electron chi connectivity index (χ2n) is 4.22. The van der Waals surface area contributed by atoms with Gasteiger partial charge in [-0.15, -0.1) is 0 Å². The first-order valence-electron chi connectivity index (χ1n) is 5.39. The third-order valence-electron chi connectivity index (χ3n) is 2.54. The molecule has 0 bridgehead atoms. The Morgan fingerprint density at radius 2 is 1.94 bits per heavy atom. The van der Waals surface area contributed by atoms with Gasteiger partial charge in [0.25, 0.3) is 0 Å². The molecule has 0 aromatic heterocycles. The van der Waals surface area contributed by atoms with Crippen LogP contribution in [0.3, 0.4) is 0 Å². The first-order chi connectivity index (χ1) is 7.93. The summed E-state index contributed by atoms with van der Waals surface area (Å²) in [6.45, 7) is -0.945. The van der Waals surface area contributed by atoms with Crippen molar-refractivity contribution in [2.45, 2.75) is 32.0 Å². The van der Waals surface area contributed by atoms with Gasteiger partial charge in [-0.3, -0.25) is 0 Å². The summed E-state index contributed by atoms with van der Waals surface area (Å²) < 4.78 is 28.0. The minimum absolute atomic E-state index is 0.134. The first-order valence-corrected chi connectivity index (χ1v) is 5.39. The van der Waals surface area contributed by atoms with Crippen molar-refractivity contribution >= 4 is 0 Å². The summed E-state index contributed by atoms with van der Waals surface area (Å²) in [5.74, 6) is 0.134. The molecule has 0 saturated carbocycles. The van der Waals surface area contributed by atoms with Crippen molar-refractivity contribution < 1.29 is 18.6 Å². The maximum Gasteiger partial charge on any atom is 0.387 e. The molecule has 1 aromatic rings. The molecule has 0 heterocycles. The predicted octanol–water partition coefficient (Wildman–Crippen LogP) is 1.93. The van der Waals surface area contributed by atoms with E-state index in [1.165, 1.54) is 12.1 Å². The van der Waals surface area contributed by atoms with E-state index in [1.54, 1.807) is 19.1 Å². The van der Waals surface area contributed by atoms with Crippen LogP contribution in [-0.2, 0) is 6.42 Å². The van der Waals surface area contributed by atoms with Gasteiger partial charge in [0.05, 0.1) is 5.60 Å². The van der Waals surface area contributed by atoms with Gasteiger partial charge in [0.15, 0.2) is 0 Å². The number of rotatable bonds is 6. The summed E-state index contributed by atoms with van der Waals surface area (Å²) >= 11 is 0. The summed E-state index contributed by atoms with van der Waals surface area (Å²) in [6, 6.07) is 6.37. The molecule has 5 heteroatoms. The number of hydrogen-bond acceptors (Lipinski definition) is 3. The SMILES string of the molecule is CC(O)(CN)CCc1ccc(OC(F)F)cc1. The van der Waals surface area contributed by atoms with Crippen molar-refractivity contribution in [1.82, 2.24) is 0 Å². The fourth-order valence-corrected chi connectivity index (χ4v) is 1.35. The number of aliphatic hydroxyl groups is 1. The molecular formula is C12H17F2NO2. The highest BCUT2D eigenvalue weighted by Gasteiger charge is 2.17. The molecule has 0 fully saturated rings. The standard InChI is InChI=1S/C12H17F2NO2/c1-12(16,8-15)7-6-9-2-4-10(5-3-9)17-11(13)14/h2-5,11,16H,6-8,15H2,1H3. The molecule has 0 aliphatic carbocycles. The molecule has 0 aliphatic rings. The molecule has 3 nitrogen and oxygen atoms in total. The van der Waals surface area contributed by atoms with Crippen LogP contribution in [0.4, 0.5) is 8.78 Å². The lowest BCUT2D eigenvalue weighted by Gasteiger charge is -2.20. The Morgan fingerprint density at radius 1 is 1.35 bits per heavy atom. The largest absolute Gasteiger partial charge is 0.435 e. The maximum atomic E-state index is 11.9. The van der Waals surface area contributed by atoms with E-state index in [1.807, 2.05) is 0 Å². The zero-order valence-corrected chi connectivity index (χ0v) is 9.70. The summed E-state index contributed by atoms with van der Waals surface area (Å²) in [7, 11) is 0. The van der Waals surface area contributed by atoms with Crippen molar-refractivity contribution in [2.75, 3.05) is 6.54 Å². The molecule has 0 amide bonds. The van der Waals surface area contributed by atoms with Crippen LogP contribution in [0.5, 0.6) is 5.75 Å². The van der Waals surface area contributed by atoms with Gasteiger partial charge in [-0.1, -0.05) is 12.1 Å². The number of nitrogens with two attached hydrogens (primary N) is 1. The summed E-state index contributed by atoms with van der Waals surface area (Å²) in [4.78, 5) is 0. The molecule has 0 radical (unpaired) electrons. The molecule has 1 atom stereocenters. The van der Waals surface area contributed by atoms with Crippen molar-refractivity contribution in [1.29, 1.82) is 0 Å². The first kappa shape index (κ1) is 13.9. The second-order valence-corrected chi connectivity index (χ2v) is 4.22. The quantitative estimate of drug-likeness (QED) is 0.805. The maximum absolute atomic E-state index is 11.9. The molecule has 0 saturated heterocycles. The molecule has 96 valence electrons. The van der Waals surface area contributed by atoms with Crippen molar-refractivity contribution in [3.63, 3.8) is 0 Å². The number of ether oxygens (including phenoxy) is 1. The highest BCUT2D eigenvalue weighted by Crippen LogP contribution is 2.18. The summed E-state index contributed by atoms with van der Waals surface area (Å²) in [5, 5.41) is 9.71. The minimum atomic E-state index is -2.81. The fourth-order valence-electron chi connectivity index (χ4n) is 1.35. The van der Waals surface area contributed by atoms with Crippen LogP contribution in [0.25, 0.3) is 0 Å². The van der Waals surface area contributed by atoms with Gasteiger partial charge < -0.3 is 15.6 Å². The topological polar surface area (TPSA) is 55.5 Å². The minimum Gasteiger partial charge on any atom is -0.435 e. The van der Waals surface area contributed by atoms with Crippen LogP contribution in [0.1, 0.15) is 18.9 Å². The average Bonchev–Trinajstić information content (AvgIpc) is 2.28. The molecule has 1 unspecified atom stereocenters. The van der Waals surface area contributed by atoms with E-state index in [4.69, 9.17) is 5.73 Å². The van der Waals surface area contributed by atoms with E-state index in [2.05, 4.69) is 4.74 Å². The zero-order valence-electron chi connectivity index (χ0n) is 9.70. The van der Waals surface area contributed by atoms with Crippen molar-refractivity contribution in [3.8, 4) is 5.75 Å². The van der Waals surface area contributed by atoms with Gasteiger partial charge in [-0.25, -0.2) is 0 Å². The third kappa shape index (κ3) is 5.10. The van der Waals surface area contributed by atoms with Gasteiger partial charge in [-0.05, 0) is 37.5 Å². The number of halogens is 2. The molecule has 3 N–H and O–H groups in total. The van der Waals surface area contributed by atoms with Crippen molar-refractivity contribution in [2.24, 2.45) is 5.73 Å². The Hall–Kier alpha value is -1.20. The van der Waals surface area contributed by atoms with Gasteiger partial charge in [0, 0.05) is 6.54 Å². The van der Waals surface area contributed by atoms with Crippen LogP contribution in [0.15, 0.2) is 24.3 Å². The Labute approximate surface area is 99.2 Å². The normalized spacial score (nSPS) is 14.7. The van der Waals surface area contributed by atoms with Gasteiger partial charge in [0.1, 0.15) is 5.75 Å².